The van der Waals surface area contributed by atoms with Crippen molar-refractivity contribution >= 4 is 11.8 Å². The van der Waals surface area contributed by atoms with Crippen molar-refractivity contribution in [3.8, 4) is 6.07 Å². The van der Waals surface area contributed by atoms with Gasteiger partial charge in [0.15, 0.2) is 0 Å². The van der Waals surface area contributed by atoms with Crippen molar-refractivity contribution in [2.45, 2.75) is 47.0 Å². The molecule has 0 aliphatic carbocycles. The van der Waals surface area contributed by atoms with Gasteiger partial charge in [-0.2, -0.15) is 5.26 Å². The monoisotopic (exact) mass is 307 g/mol. The van der Waals surface area contributed by atoms with Crippen molar-refractivity contribution in [1.29, 1.82) is 5.26 Å². The molecule has 124 valence electrons. The first-order chi connectivity index (χ1) is 10.2. The van der Waals surface area contributed by atoms with E-state index in [0.29, 0.717) is 18.3 Å². The summed E-state index contributed by atoms with van der Waals surface area (Å²) in [5.74, 6) is 0.889. The Morgan fingerprint density at radius 3 is 2.45 bits per heavy atom. The van der Waals surface area contributed by atoms with E-state index in [9.17, 15) is 9.59 Å². The lowest BCUT2D eigenvalue weighted by atomic mass is 9.80. The van der Waals surface area contributed by atoms with E-state index in [4.69, 9.17) is 5.26 Å². The van der Waals surface area contributed by atoms with Crippen LogP contribution in [0, 0.1) is 28.6 Å². The Balaban J connectivity index is 2.66. The molecule has 0 aromatic heterocycles. The minimum absolute atomic E-state index is 0.0283. The van der Waals surface area contributed by atoms with Gasteiger partial charge in [-0.05, 0) is 18.3 Å². The Hall–Kier alpha value is -1.57. The second-order valence-electron chi connectivity index (χ2n) is 7.33. The normalized spacial score (nSPS) is 22.1. The van der Waals surface area contributed by atoms with Crippen LogP contribution in [-0.2, 0) is 9.59 Å². The number of nitrogens with zero attached hydrogens (tertiary/aromatic N) is 3. The van der Waals surface area contributed by atoms with Crippen molar-refractivity contribution in [3.05, 3.63) is 0 Å². The third-order valence-electron chi connectivity index (χ3n) is 4.52. The van der Waals surface area contributed by atoms with Crippen LogP contribution in [0.25, 0.3) is 0 Å². The Bertz CT molecular complexity index is 448. The van der Waals surface area contributed by atoms with Gasteiger partial charge in [0.1, 0.15) is 6.54 Å². The molecule has 2 amide bonds. The lowest BCUT2D eigenvalue weighted by Gasteiger charge is -2.40. The third kappa shape index (κ3) is 4.72. The number of likely N-dealkylation sites (tertiary alicyclic amines) is 1. The number of nitriles is 1. The number of piperidine rings is 1. The highest BCUT2D eigenvalue weighted by Crippen LogP contribution is 2.31. The van der Waals surface area contributed by atoms with E-state index >= 15 is 0 Å². The number of carbonyl (C=O) groups is 2. The highest BCUT2D eigenvalue weighted by atomic mass is 16.2. The highest BCUT2D eigenvalue weighted by molar-refractivity contribution is 5.81. The summed E-state index contributed by atoms with van der Waals surface area (Å²) in [5, 5.41) is 8.67. The molecule has 0 N–H and O–H groups in total. The van der Waals surface area contributed by atoms with Crippen molar-refractivity contribution in [2.75, 3.05) is 26.7 Å². The fourth-order valence-electron chi connectivity index (χ4n) is 3.05. The van der Waals surface area contributed by atoms with Gasteiger partial charge >= 0.3 is 0 Å². The van der Waals surface area contributed by atoms with Crippen LogP contribution in [0.4, 0.5) is 0 Å². The zero-order valence-corrected chi connectivity index (χ0v) is 14.6. The van der Waals surface area contributed by atoms with E-state index < -0.39 is 0 Å². The first-order valence-corrected chi connectivity index (χ1v) is 8.11. The van der Waals surface area contributed by atoms with Gasteiger partial charge in [-0.3, -0.25) is 9.59 Å². The summed E-state index contributed by atoms with van der Waals surface area (Å²) in [7, 11) is 1.67. The molecule has 0 saturated carbocycles. The number of amides is 2. The minimum atomic E-state index is -0.353. The quantitative estimate of drug-likeness (QED) is 0.748. The van der Waals surface area contributed by atoms with Gasteiger partial charge in [-0.15, -0.1) is 0 Å². The van der Waals surface area contributed by atoms with Crippen molar-refractivity contribution in [3.63, 3.8) is 0 Å². The molecule has 0 radical (unpaired) electrons. The molecule has 2 atom stereocenters. The number of hydrogen-bond donors (Lipinski definition) is 0. The molecule has 0 unspecified atom stereocenters. The van der Waals surface area contributed by atoms with Gasteiger partial charge in [-0.25, -0.2) is 0 Å². The van der Waals surface area contributed by atoms with Crippen LogP contribution in [0.3, 0.4) is 0 Å². The Labute approximate surface area is 134 Å². The molecule has 1 aliphatic heterocycles. The maximum Gasteiger partial charge on any atom is 0.227 e. The summed E-state index contributed by atoms with van der Waals surface area (Å²) in [6.07, 6.45) is 2.31. The number of hydrogen-bond acceptors (Lipinski definition) is 3. The standard InChI is InChI=1S/C17H29N3O2/c1-6-13-12-20(16(22)17(2,3)4)9-7-14(13)11-15(21)19(5)10-8-18/h13-14H,6-7,9-12H2,1-5H3/t13-,14-/m0/s1. The molecule has 0 aromatic rings. The molecule has 0 aromatic carbocycles. The summed E-state index contributed by atoms with van der Waals surface area (Å²) in [6.45, 7) is 9.57. The summed E-state index contributed by atoms with van der Waals surface area (Å²) < 4.78 is 0. The Morgan fingerprint density at radius 1 is 1.32 bits per heavy atom. The molecular weight excluding hydrogens is 278 g/mol. The molecule has 1 rings (SSSR count). The van der Waals surface area contributed by atoms with E-state index in [1.165, 1.54) is 4.90 Å². The Morgan fingerprint density at radius 2 is 1.95 bits per heavy atom. The maximum absolute atomic E-state index is 12.4. The molecule has 1 fully saturated rings. The third-order valence-corrected chi connectivity index (χ3v) is 4.52. The molecule has 5 heteroatoms. The van der Waals surface area contributed by atoms with Crippen LogP contribution in [0.5, 0.6) is 0 Å². The lowest BCUT2D eigenvalue weighted by Crippen LogP contribution is -2.48. The van der Waals surface area contributed by atoms with E-state index in [-0.39, 0.29) is 23.8 Å². The molecule has 1 heterocycles. The fourth-order valence-corrected chi connectivity index (χ4v) is 3.05. The maximum atomic E-state index is 12.4. The molecular formula is C17H29N3O2. The summed E-state index contributed by atoms with van der Waals surface area (Å²) in [6, 6.07) is 2.00. The van der Waals surface area contributed by atoms with Gasteiger partial charge in [0.05, 0.1) is 6.07 Å². The zero-order chi connectivity index (χ0) is 16.9. The average Bonchev–Trinajstić information content (AvgIpc) is 2.46. The predicted octanol–water partition coefficient (Wildman–Crippen LogP) is 2.28. The van der Waals surface area contributed by atoms with Gasteiger partial charge in [-0.1, -0.05) is 34.1 Å². The van der Waals surface area contributed by atoms with Crippen LogP contribution >= 0.6 is 0 Å². The van der Waals surface area contributed by atoms with E-state index in [2.05, 4.69) is 6.92 Å². The van der Waals surface area contributed by atoms with Gasteiger partial charge in [0.2, 0.25) is 11.8 Å². The van der Waals surface area contributed by atoms with Crippen LogP contribution in [0.2, 0.25) is 0 Å². The molecule has 1 aliphatic rings. The molecule has 22 heavy (non-hydrogen) atoms. The first-order valence-electron chi connectivity index (χ1n) is 8.11. The largest absolute Gasteiger partial charge is 0.342 e. The molecule has 0 spiro atoms. The van der Waals surface area contributed by atoms with Gasteiger partial charge in [0.25, 0.3) is 0 Å². The first kappa shape index (κ1) is 18.5. The van der Waals surface area contributed by atoms with Crippen LogP contribution in [0.1, 0.15) is 47.0 Å². The van der Waals surface area contributed by atoms with E-state index in [1.807, 2.05) is 31.7 Å². The number of carbonyl (C=O) groups excluding carboxylic acids is 2. The van der Waals surface area contributed by atoms with Crippen molar-refractivity contribution < 1.29 is 9.59 Å². The Kier molecular flexibility index (Phi) is 6.40. The van der Waals surface area contributed by atoms with E-state index in [1.54, 1.807) is 7.05 Å². The van der Waals surface area contributed by atoms with Crippen LogP contribution in [0.15, 0.2) is 0 Å². The second-order valence-corrected chi connectivity index (χ2v) is 7.33. The second kappa shape index (κ2) is 7.62. The fraction of sp³-hybridized carbons (Fsp3) is 0.824. The van der Waals surface area contributed by atoms with Crippen molar-refractivity contribution in [1.82, 2.24) is 9.80 Å². The van der Waals surface area contributed by atoms with Crippen LogP contribution < -0.4 is 0 Å². The lowest BCUT2D eigenvalue weighted by molar-refractivity contribution is -0.142. The SMILES string of the molecule is CC[C@H]1CN(C(=O)C(C)(C)C)CC[C@H]1CC(=O)N(C)CC#N. The summed E-state index contributed by atoms with van der Waals surface area (Å²) in [5.41, 5.74) is -0.353. The van der Waals surface area contributed by atoms with Crippen LogP contribution in [-0.4, -0.2) is 48.3 Å². The summed E-state index contributed by atoms with van der Waals surface area (Å²) >= 11 is 0. The predicted molar refractivity (Wildman–Crippen MR) is 85.8 cm³/mol. The zero-order valence-electron chi connectivity index (χ0n) is 14.6. The van der Waals surface area contributed by atoms with Gasteiger partial charge < -0.3 is 9.80 Å². The highest BCUT2D eigenvalue weighted by Gasteiger charge is 2.35. The van der Waals surface area contributed by atoms with Gasteiger partial charge in [0, 0.05) is 32.0 Å². The topological polar surface area (TPSA) is 64.4 Å². The molecule has 1 saturated heterocycles. The van der Waals surface area contributed by atoms with E-state index in [0.717, 1.165) is 25.9 Å². The summed E-state index contributed by atoms with van der Waals surface area (Å²) in [4.78, 5) is 28.0. The smallest absolute Gasteiger partial charge is 0.227 e. The van der Waals surface area contributed by atoms with Crippen molar-refractivity contribution in [2.24, 2.45) is 17.3 Å². The molecule has 5 nitrogen and oxygen atoms in total. The number of rotatable bonds is 4. The average molecular weight is 307 g/mol. The molecule has 0 bridgehead atoms. The minimum Gasteiger partial charge on any atom is -0.342 e.